The summed E-state index contributed by atoms with van der Waals surface area (Å²) < 4.78 is 5.55. The molecule has 3 aromatic rings. The Balaban J connectivity index is 1.36. The molecule has 2 aromatic carbocycles. The van der Waals surface area contributed by atoms with Gasteiger partial charge in [-0.1, -0.05) is 48.9 Å². The number of hydrogen-bond acceptors (Lipinski definition) is 6. The number of benzene rings is 2. The standard InChI is InChI=1S/C33H40ClN5O2/c1-22-10-12-26-28(22)30(37-21-36-26)39-20-33(14-16-38(17-15-33)19-23-8-6-5-7-9-23)29-24(25(34)11-13-27(29)39)18-35-31(40)41-32(2,3)4/h5-9,11,13,21-22H,10,12,14-20H2,1-4H3,(H,35,40)/t22-/m1/s1. The summed E-state index contributed by atoms with van der Waals surface area (Å²) in [5.41, 5.74) is 6.49. The largest absolute Gasteiger partial charge is 0.444 e. The molecule has 7 nitrogen and oxygen atoms in total. The zero-order valence-electron chi connectivity index (χ0n) is 24.5. The van der Waals surface area contributed by atoms with Crippen LogP contribution in [0.25, 0.3) is 0 Å². The van der Waals surface area contributed by atoms with E-state index in [1.807, 2.05) is 26.8 Å². The molecule has 41 heavy (non-hydrogen) atoms. The highest BCUT2D eigenvalue weighted by atomic mass is 35.5. The predicted octanol–water partition coefficient (Wildman–Crippen LogP) is 6.89. The van der Waals surface area contributed by atoms with Gasteiger partial charge in [-0.05, 0) is 94.3 Å². The number of aryl methyl sites for hydroxylation is 1. The number of piperidine rings is 1. The van der Waals surface area contributed by atoms with Crippen molar-refractivity contribution in [3.8, 4) is 0 Å². The first-order chi connectivity index (χ1) is 19.6. The van der Waals surface area contributed by atoms with E-state index in [9.17, 15) is 4.79 Å². The van der Waals surface area contributed by atoms with Gasteiger partial charge in [0.25, 0.3) is 0 Å². The number of halogens is 1. The lowest BCUT2D eigenvalue weighted by molar-refractivity contribution is 0.0523. The molecule has 0 saturated carbocycles. The SMILES string of the molecule is C[C@@H]1CCc2ncnc(N3CC4(CCN(Cc5ccccc5)CC4)c4c3ccc(Cl)c4CNC(=O)OC(C)(C)C)c21. The Morgan fingerprint density at radius 3 is 2.61 bits per heavy atom. The van der Waals surface area contributed by atoms with Crippen molar-refractivity contribution >= 4 is 29.2 Å². The number of amides is 1. The number of fused-ring (bicyclic) bond motifs is 3. The molecule has 1 aromatic heterocycles. The van der Waals surface area contributed by atoms with Gasteiger partial charge in [0.05, 0.1) is 0 Å². The summed E-state index contributed by atoms with van der Waals surface area (Å²) in [5.74, 6) is 1.45. The van der Waals surface area contributed by atoms with Gasteiger partial charge in [0.2, 0.25) is 0 Å². The van der Waals surface area contributed by atoms with E-state index >= 15 is 0 Å². The molecule has 3 heterocycles. The van der Waals surface area contributed by atoms with Crippen molar-refractivity contribution in [2.45, 2.75) is 83.4 Å². The Kier molecular flexibility index (Phi) is 7.45. The number of carbonyl (C=O) groups excluding carboxylic acids is 1. The summed E-state index contributed by atoms with van der Waals surface area (Å²) in [6.07, 6.45) is 5.40. The second-order valence-corrected chi connectivity index (χ2v) is 13.3. The van der Waals surface area contributed by atoms with Crippen LogP contribution in [0.3, 0.4) is 0 Å². The molecule has 1 atom stereocenters. The van der Waals surface area contributed by atoms with Gasteiger partial charge in [-0.2, -0.15) is 0 Å². The number of nitrogens with one attached hydrogen (secondary N) is 1. The third kappa shape index (κ3) is 5.54. The van der Waals surface area contributed by atoms with Crippen LogP contribution in [0.1, 0.15) is 80.8 Å². The minimum atomic E-state index is -0.569. The molecule has 1 N–H and O–H groups in total. The number of likely N-dealkylation sites (tertiary alicyclic amines) is 1. The zero-order chi connectivity index (χ0) is 28.8. The molecule has 6 rings (SSSR count). The van der Waals surface area contributed by atoms with Crippen molar-refractivity contribution in [1.29, 1.82) is 0 Å². The molecule has 8 heteroatoms. The Labute approximate surface area is 248 Å². The summed E-state index contributed by atoms with van der Waals surface area (Å²) in [6, 6.07) is 14.8. The summed E-state index contributed by atoms with van der Waals surface area (Å²) in [6.45, 7) is 12.0. The van der Waals surface area contributed by atoms with Crippen molar-refractivity contribution in [2.24, 2.45) is 0 Å². The van der Waals surface area contributed by atoms with Gasteiger partial charge in [-0.25, -0.2) is 14.8 Å². The van der Waals surface area contributed by atoms with E-state index in [2.05, 4.69) is 63.4 Å². The molecule has 0 radical (unpaired) electrons. The number of aromatic nitrogens is 2. The van der Waals surface area contributed by atoms with Crippen molar-refractivity contribution in [3.63, 3.8) is 0 Å². The van der Waals surface area contributed by atoms with Crippen molar-refractivity contribution in [1.82, 2.24) is 20.2 Å². The maximum atomic E-state index is 12.7. The van der Waals surface area contributed by atoms with Crippen molar-refractivity contribution in [2.75, 3.05) is 24.5 Å². The van der Waals surface area contributed by atoms with Gasteiger partial charge in [0, 0.05) is 47.0 Å². The van der Waals surface area contributed by atoms with Crippen LogP contribution in [0, 0.1) is 0 Å². The summed E-state index contributed by atoms with van der Waals surface area (Å²) in [5, 5.41) is 3.67. The average molecular weight is 574 g/mol. The molecule has 1 saturated heterocycles. The summed E-state index contributed by atoms with van der Waals surface area (Å²) in [4.78, 5) is 27.1. The molecule has 1 spiro atoms. The van der Waals surface area contributed by atoms with Crippen LogP contribution < -0.4 is 10.2 Å². The number of ether oxygens (including phenoxy) is 1. The van der Waals surface area contributed by atoms with Crippen LogP contribution in [0.4, 0.5) is 16.3 Å². The topological polar surface area (TPSA) is 70.6 Å². The minimum absolute atomic E-state index is 0.0992. The maximum absolute atomic E-state index is 12.7. The molecule has 0 bridgehead atoms. The first-order valence-corrected chi connectivity index (χ1v) is 15.2. The molecule has 0 unspecified atom stereocenters. The van der Waals surface area contributed by atoms with E-state index in [1.165, 1.54) is 22.4 Å². The first kappa shape index (κ1) is 28.0. The monoisotopic (exact) mass is 573 g/mol. The van der Waals surface area contributed by atoms with E-state index < -0.39 is 11.7 Å². The van der Waals surface area contributed by atoms with E-state index in [-0.39, 0.29) is 5.41 Å². The van der Waals surface area contributed by atoms with Crippen LogP contribution in [0.15, 0.2) is 48.8 Å². The first-order valence-electron chi connectivity index (χ1n) is 14.8. The fourth-order valence-electron chi connectivity index (χ4n) is 6.96. The second kappa shape index (κ2) is 10.9. The van der Waals surface area contributed by atoms with Gasteiger partial charge in [-0.3, -0.25) is 4.90 Å². The number of nitrogens with zero attached hydrogens (tertiary/aromatic N) is 4. The van der Waals surface area contributed by atoms with Crippen LogP contribution in [-0.4, -0.2) is 46.2 Å². The van der Waals surface area contributed by atoms with E-state index in [0.717, 1.165) is 68.9 Å². The third-order valence-corrected chi connectivity index (χ3v) is 9.25. The Morgan fingerprint density at radius 1 is 1.12 bits per heavy atom. The molecule has 1 fully saturated rings. The van der Waals surface area contributed by atoms with E-state index in [4.69, 9.17) is 21.3 Å². The van der Waals surface area contributed by atoms with Gasteiger partial charge in [-0.15, -0.1) is 0 Å². The fourth-order valence-corrected chi connectivity index (χ4v) is 7.18. The smallest absolute Gasteiger partial charge is 0.407 e. The van der Waals surface area contributed by atoms with Crippen LogP contribution >= 0.6 is 11.6 Å². The third-order valence-electron chi connectivity index (χ3n) is 8.89. The average Bonchev–Trinajstić information content (AvgIpc) is 3.47. The lowest BCUT2D eigenvalue weighted by Gasteiger charge is -2.41. The van der Waals surface area contributed by atoms with E-state index in [0.29, 0.717) is 17.5 Å². The van der Waals surface area contributed by atoms with Gasteiger partial charge in [0.15, 0.2) is 0 Å². The van der Waals surface area contributed by atoms with Gasteiger partial charge in [0.1, 0.15) is 17.7 Å². The van der Waals surface area contributed by atoms with Crippen LogP contribution in [-0.2, 0) is 29.7 Å². The number of carbonyl (C=O) groups is 1. The number of hydrogen-bond donors (Lipinski definition) is 1. The second-order valence-electron chi connectivity index (χ2n) is 12.9. The highest BCUT2D eigenvalue weighted by molar-refractivity contribution is 6.31. The summed E-state index contributed by atoms with van der Waals surface area (Å²) >= 11 is 6.93. The highest BCUT2D eigenvalue weighted by Gasteiger charge is 2.48. The Hall–Kier alpha value is -3.16. The maximum Gasteiger partial charge on any atom is 0.407 e. The molecule has 3 aliphatic rings. The molecule has 216 valence electrons. The predicted molar refractivity (Wildman–Crippen MR) is 163 cm³/mol. The van der Waals surface area contributed by atoms with Crippen LogP contribution in [0.2, 0.25) is 5.02 Å². The molecular weight excluding hydrogens is 534 g/mol. The summed E-state index contributed by atoms with van der Waals surface area (Å²) in [7, 11) is 0. The normalized spacial score (nSPS) is 19.7. The van der Waals surface area contributed by atoms with E-state index in [1.54, 1.807) is 6.33 Å². The van der Waals surface area contributed by atoms with Gasteiger partial charge < -0.3 is 15.0 Å². The Morgan fingerprint density at radius 2 is 1.88 bits per heavy atom. The number of anilines is 2. The zero-order valence-corrected chi connectivity index (χ0v) is 25.3. The fraction of sp³-hybridized carbons (Fsp3) is 0.485. The highest BCUT2D eigenvalue weighted by Crippen LogP contribution is 2.53. The number of alkyl carbamates (subject to hydrolysis) is 1. The quantitative estimate of drug-likeness (QED) is 0.358. The molecule has 1 aliphatic carbocycles. The molecule has 1 amide bonds. The molecule has 2 aliphatic heterocycles. The lowest BCUT2D eigenvalue weighted by Crippen LogP contribution is -2.45. The van der Waals surface area contributed by atoms with Crippen molar-refractivity contribution in [3.05, 3.63) is 81.8 Å². The van der Waals surface area contributed by atoms with Crippen molar-refractivity contribution < 1.29 is 9.53 Å². The number of rotatable bonds is 5. The lowest BCUT2D eigenvalue weighted by atomic mass is 9.72. The Bertz CT molecular complexity index is 1430. The molecular formula is C33H40ClN5O2. The van der Waals surface area contributed by atoms with Crippen LogP contribution in [0.5, 0.6) is 0 Å². The van der Waals surface area contributed by atoms with Gasteiger partial charge >= 0.3 is 6.09 Å². The minimum Gasteiger partial charge on any atom is -0.444 e.